The second-order valence-electron chi connectivity index (χ2n) is 4.71. The van der Waals surface area contributed by atoms with Gasteiger partial charge < -0.3 is 4.74 Å². The van der Waals surface area contributed by atoms with Gasteiger partial charge >= 0.3 is 0 Å². The minimum Gasteiger partial charge on any atom is -0.489 e. The minimum absolute atomic E-state index is 0.371. The molecule has 3 rings (SSSR count). The number of fused-ring (bicyclic) bond motifs is 3. The molecule has 17 heavy (non-hydrogen) atoms. The SMILES string of the molecule is CCCCC1Cc2ccc3ncccc3c2O1. The van der Waals surface area contributed by atoms with Gasteiger partial charge in [-0.15, -0.1) is 0 Å². The molecule has 2 heterocycles. The molecule has 1 aliphatic heterocycles. The van der Waals surface area contributed by atoms with E-state index in [2.05, 4.69) is 30.1 Å². The fourth-order valence-corrected chi connectivity index (χ4v) is 2.52. The van der Waals surface area contributed by atoms with Gasteiger partial charge in [-0.2, -0.15) is 0 Å². The van der Waals surface area contributed by atoms with Gasteiger partial charge in [0.05, 0.1) is 5.52 Å². The lowest BCUT2D eigenvalue weighted by Crippen LogP contribution is -2.12. The second kappa shape index (κ2) is 4.36. The van der Waals surface area contributed by atoms with Crippen LogP contribution in [-0.2, 0) is 6.42 Å². The van der Waals surface area contributed by atoms with Crippen molar-refractivity contribution in [1.82, 2.24) is 4.98 Å². The fourth-order valence-electron chi connectivity index (χ4n) is 2.52. The van der Waals surface area contributed by atoms with Crippen molar-refractivity contribution >= 4 is 10.9 Å². The van der Waals surface area contributed by atoms with E-state index >= 15 is 0 Å². The third kappa shape index (κ3) is 1.88. The highest BCUT2D eigenvalue weighted by molar-refractivity contribution is 5.86. The van der Waals surface area contributed by atoms with Crippen LogP contribution in [0, 0.1) is 0 Å². The van der Waals surface area contributed by atoms with Crippen LogP contribution >= 0.6 is 0 Å². The molecule has 1 atom stereocenters. The van der Waals surface area contributed by atoms with Crippen LogP contribution < -0.4 is 4.74 Å². The molecule has 1 aromatic carbocycles. The van der Waals surface area contributed by atoms with Crippen LogP contribution in [0.3, 0.4) is 0 Å². The van der Waals surface area contributed by atoms with Crippen LogP contribution in [0.5, 0.6) is 5.75 Å². The zero-order valence-corrected chi connectivity index (χ0v) is 10.1. The zero-order valence-electron chi connectivity index (χ0n) is 10.1. The quantitative estimate of drug-likeness (QED) is 0.797. The predicted octanol–water partition coefficient (Wildman–Crippen LogP) is 3.73. The van der Waals surface area contributed by atoms with Crippen molar-refractivity contribution in [3.8, 4) is 5.75 Å². The third-order valence-electron chi connectivity index (χ3n) is 3.43. The summed E-state index contributed by atoms with van der Waals surface area (Å²) in [5.41, 5.74) is 2.37. The summed E-state index contributed by atoms with van der Waals surface area (Å²) < 4.78 is 6.08. The maximum atomic E-state index is 6.08. The summed E-state index contributed by atoms with van der Waals surface area (Å²) in [6, 6.07) is 8.34. The normalized spacial score (nSPS) is 18.1. The first-order valence-electron chi connectivity index (χ1n) is 6.41. The molecule has 0 fully saturated rings. The number of benzene rings is 1. The van der Waals surface area contributed by atoms with Crippen LogP contribution in [0.25, 0.3) is 10.9 Å². The number of rotatable bonds is 3. The summed E-state index contributed by atoms with van der Waals surface area (Å²) in [5, 5.41) is 1.16. The molecule has 2 heteroatoms. The van der Waals surface area contributed by atoms with Crippen LogP contribution in [0.2, 0.25) is 0 Å². The van der Waals surface area contributed by atoms with E-state index in [1.165, 1.54) is 18.4 Å². The van der Waals surface area contributed by atoms with Gasteiger partial charge in [-0.1, -0.05) is 25.8 Å². The standard InChI is InChI=1S/C15H17NO/c1-2-3-5-12-10-11-7-8-14-13(15(11)17-12)6-4-9-16-14/h4,6-9,12H,2-3,5,10H2,1H3. The maximum Gasteiger partial charge on any atom is 0.132 e. The van der Waals surface area contributed by atoms with Gasteiger partial charge in [-0.25, -0.2) is 0 Å². The van der Waals surface area contributed by atoms with E-state index in [1.807, 2.05) is 12.3 Å². The smallest absolute Gasteiger partial charge is 0.132 e. The minimum atomic E-state index is 0.371. The fraction of sp³-hybridized carbons (Fsp3) is 0.400. The molecule has 0 radical (unpaired) electrons. The number of ether oxygens (including phenoxy) is 1. The highest BCUT2D eigenvalue weighted by Gasteiger charge is 2.24. The summed E-state index contributed by atoms with van der Waals surface area (Å²) in [4.78, 5) is 4.37. The molecule has 1 aromatic heterocycles. The van der Waals surface area contributed by atoms with Crippen molar-refractivity contribution < 1.29 is 4.74 Å². The average Bonchev–Trinajstić information content (AvgIpc) is 2.79. The van der Waals surface area contributed by atoms with E-state index in [0.717, 1.165) is 29.5 Å². The van der Waals surface area contributed by atoms with Crippen molar-refractivity contribution in [2.24, 2.45) is 0 Å². The van der Waals surface area contributed by atoms with Gasteiger partial charge in [0.15, 0.2) is 0 Å². The Balaban J connectivity index is 1.94. The molecule has 1 aliphatic rings. The highest BCUT2D eigenvalue weighted by atomic mass is 16.5. The topological polar surface area (TPSA) is 22.1 Å². The molecule has 0 saturated heterocycles. The molecule has 0 N–H and O–H groups in total. The monoisotopic (exact) mass is 227 g/mol. The lowest BCUT2D eigenvalue weighted by molar-refractivity contribution is 0.219. The Labute approximate surface area is 102 Å². The number of aromatic nitrogens is 1. The first-order valence-corrected chi connectivity index (χ1v) is 6.41. The summed E-state index contributed by atoms with van der Waals surface area (Å²) in [5.74, 6) is 1.07. The third-order valence-corrected chi connectivity index (χ3v) is 3.43. The van der Waals surface area contributed by atoms with Crippen molar-refractivity contribution in [3.63, 3.8) is 0 Å². The largest absolute Gasteiger partial charge is 0.489 e. The Morgan fingerprint density at radius 3 is 3.18 bits per heavy atom. The Bertz CT molecular complexity index is 535. The van der Waals surface area contributed by atoms with Crippen molar-refractivity contribution in [2.45, 2.75) is 38.7 Å². The van der Waals surface area contributed by atoms with E-state index in [4.69, 9.17) is 4.74 Å². The van der Waals surface area contributed by atoms with Crippen LogP contribution in [0.4, 0.5) is 0 Å². The number of hydrogen-bond donors (Lipinski definition) is 0. The molecule has 2 nitrogen and oxygen atoms in total. The molecular weight excluding hydrogens is 210 g/mol. The van der Waals surface area contributed by atoms with E-state index < -0.39 is 0 Å². The van der Waals surface area contributed by atoms with Crippen LogP contribution in [-0.4, -0.2) is 11.1 Å². The molecule has 0 saturated carbocycles. The zero-order chi connectivity index (χ0) is 11.7. The summed E-state index contributed by atoms with van der Waals surface area (Å²) in [6.45, 7) is 2.22. The van der Waals surface area contributed by atoms with E-state index in [0.29, 0.717) is 6.10 Å². The van der Waals surface area contributed by atoms with Gasteiger partial charge in [0.1, 0.15) is 11.9 Å². The van der Waals surface area contributed by atoms with Crippen LogP contribution in [0.15, 0.2) is 30.5 Å². The number of hydrogen-bond acceptors (Lipinski definition) is 2. The van der Waals surface area contributed by atoms with Crippen LogP contribution in [0.1, 0.15) is 31.7 Å². The molecule has 1 unspecified atom stereocenters. The maximum absolute atomic E-state index is 6.08. The Morgan fingerprint density at radius 1 is 1.35 bits per heavy atom. The van der Waals surface area contributed by atoms with E-state index in [-0.39, 0.29) is 0 Å². The lowest BCUT2D eigenvalue weighted by Gasteiger charge is -2.10. The van der Waals surface area contributed by atoms with Gasteiger partial charge in [-0.05, 0) is 30.2 Å². The molecule has 0 spiro atoms. The summed E-state index contributed by atoms with van der Waals surface area (Å²) in [6.07, 6.45) is 6.90. The van der Waals surface area contributed by atoms with Gasteiger partial charge in [-0.3, -0.25) is 4.98 Å². The van der Waals surface area contributed by atoms with E-state index in [9.17, 15) is 0 Å². The van der Waals surface area contributed by atoms with Crippen molar-refractivity contribution in [1.29, 1.82) is 0 Å². The first kappa shape index (κ1) is 10.6. The van der Waals surface area contributed by atoms with Gasteiger partial charge in [0.25, 0.3) is 0 Å². The highest BCUT2D eigenvalue weighted by Crippen LogP contribution is 2.36. The molecule has 2 aromatic rings. The Hall–Kier alpha value is -1.57. The number of pyridine rings is 1. The Kier molecular flexibility index (Phi) is 2.71. The average molecular weight is 227 g/mol. The lowest BCUT2D eigenvalue weighted by atomic mass is 10.0. The molecular formula is C15H17NO. The number of nitrogens with zero attached hydrogens (tertiary/aromatic N) is 1. The molecule has 0 amide bonds. The molecule has 88 valence electrons. The molecule has 0 bridgehead atoms. The summed E-state index contributed by atoms with van der Waals surface area (Å²) >= 11 is 0. The number of unbranched alkanes of at least 4 members (excludes halogenated alkanes) is 1. The summed E-state index contributed by atoms with van der Waals surface area (Å²) in [7, 11) is 0. The molecule has 0 aliphatic carbocycles. The first-order chi connectivity index (χ1) is 8.38. The second-order valence-corrected chi connectivity index (χ2v) is 4.71. The van der Waals surface area contributed by atoms with Crippen molar-refractivity contribution in [3.05, 3.63) is 36.0 Å². The van der Waals surface area contributed by atoms with Gasteiger partial charge in [0.2, 0.25) is 0 Å². The van der Waals surface area contributed by atoms with E-state index in [1.54, 1.807) is 0 Å². The predicted molar refractivity (Wildman–Crippen MR) is 69.4 cm³/mol. The Morgan fingerprint density at radius 2 is 2.29 bits per heavy atom. The van der Waals surface area contributed by atoms with Crippen molar-refractivity contribution in [2.75, 3.05) is 0 Å². The van der Waals surface area contributed by atoms with Gasteiger partial charge in [0, 0.05) is 18.0 Å².